The lowest BCUT2D eigenvalue weighted by atomic mass is 9.99. The van der Waals surface area contributed by atoms with Crippen LogP contribution >= 0.6 is 0 Å². The SMILES string of the molecule is Cc1cc(CO)nc2ccc(C(C)C)cc12. The normalized spacial score (nSPS) is 11.3. The number of hydrogen-bond acceptors (Lipinski definition) is 2. The summed E-state index contributed by atoms with van der Waals surface area (Å²) in [5, 5.41) is 10.3. The second kappa shape index (κ2) is 4.22. The third-order valence-electron chi connectivity index (χ3n) is 2.92. The Morgan fingerprint density at radius 3 is 2.62 bits per heavy atom. The van der Waals surface area contributed by atoms with Gasteiger partial charge in [-0.25, -0.2) is 0 Å². The van der Waals surface area contributed by atoms with E-state index in [1.807, 2.05) is 12.1 Å². The Morgan fingerprint density at radius 1 is 1.25 bits per heavy atom. The second-order valence-corrected chi connectivity index (χ2v) is 4.52. The third-order valence-corrected chi connectivity index (χ3v) is 2.92. The molecule has 0 bridgehead atoms. The van der Waals surface area contributed by atoms with Gasteiger partial charge in [-0.05, 0) is 42.2 Å². The lowest BCUT2D eigenvalue weighted by Crippen LogP contribution is -1.94. The van der Waals surface area contributed by atoms with Gasteiger partial charge in [0.15, 0.2) is 0 Å². The highest BCUT2D eigenvalue weighted by molar-refractivity contribution is 5.83. The van der Waals surface area contributed by atoms with E-state index in [1.165, 1.54) is 16.5 Å². The van der Waals surface area contributed by atoms with Crippen molar-refractivity contribution in [1.29, 1.82) is 0 Å². The molecule has 2 aromatic rings. The molecule has 84 valence electrons. The van der Waals surface area contributed by atoms with Gasteiger partial charge in [0.2, 0.25) is 0 Å². The molecule has 0 aliphatic carbocycles. The zero-order chi connectivity index (χ0) is 11.7. The number of aryl methyl sites for hydroxylation is 1. The topological polar surface area (TPSA) is 33.1 Å². The number of aliphatic hydroxyl groups excluding tert-OH is 1. The first-order valence-corrected chi connectivity index (χ1v) is 5.63. The van der Waals surface area contributed by atoms with E-state index in [2.05, 4.69) is 37.9 Å². The van der Waals surface area contributed by atoms with Gasteiger partial charge in [-0.15, -0.1) is 0 Å². The van der Waals surface area contributed by atoms with Crippen molar-refractivity contribution in [2.45, 2.75) is 33.3 Å². The summed E-state index contributed by atoms with van der Waals surface area (Å²) in [6, 6.07) is 8.30. The van der Waals surface area contributed by atoms with Crippen LogP contribution in [0.1, 0.15) is 36.6 Å². The first-order valence-electron chi connectivity index (χ1n) is 5.63. The van der Waals surface area contributed by atoms with Crippen molar-refractivity contribution in [2.24, 2.45) is 0 Å². The average molecular weight is 215 g/mol. The number of nitrogens with zero attached hydrogens (tertiary/aromatic N) is 1. The number of aliphatic hydroxyl groups is 1. The van der Waals surface area contributed by atoms with Crippen molar-refractivity contribution in [2.75, 3.05) is 0 Å². The van der Waals surface area contributed by atoms with Crippen LogP contribution in [0, 0.1) is 6.92 Å². The molecule has 2 nitrogen and oxygen atoms in total. The zero-order valence-electron chi connectivity index (χ0n) is 9.99. The number of benzene rings is 1. The molecule has 2 heteroatoms. The third kappa shape index (κ3) is 1.93. The fourth-order valence-corrected chi connectivity index (χ4v) is 1.92. The predicted octanol–water partition coefficient (Wildman–Crippen LogP) is 3.16. The summed E-state index contributed by atoms with van der Waals surface area (Å²) < 4.78 is 0. The molecule has 1 aromatic heterocycles. The van der Waals surface area contributed by atoms with Crippen molar-refractivity contribution in [1.82, 2.24) is 4.98 Å². The van der Waals surface area contributed by atoms with Crippen molar-refractivity contribution in [3.8, 4) is 0 Å². The molecular weight excluding hydrogens is 198 g/mol. The maximum atomic E-state index is 9.10. The summed E-state index contributed by atoms with van der Waals surface area (Å²) >= 11 is 0. The maximum absolute atomic E-state index is 9.10. The van der Waals surface area contributed by atoms with Crippen LogP contribution in [-0.4, -0.2) is 10.1 Å². The van der Waals surface area contributed by atoms with E-state index in [0.29, 0.717) is 5.92 Å². The number of rotatable bonds is 2. The largest absolute Gasteiger partial charge is 0.390 e. The first kappa shape index (κ1) is 11.1. The first-order chi connectivity index (χ1) is 7.61. The number of pyridine rings is 1. The molecule has 0 saturated carbocycles. The highest BCUT2D eigenvalue weighted by Crippen LogP contribution is 2.23. The van der Waals surface area contributed by atoms with E-state index >= 15 is 0 Å². The van der Waals surface area contributed by atoms with E-state index in [1.54, 1.807) is 0 Å². The van der Waals surface area contributed by atoms with Crippen LogP contribution in [-0.2, 0) is 6.61 Å². The molecular formula is C14H17NO. The Morgan fingerprint density at radius 2 is 2.00 bits per heavy atom. The molecule has 0 aliphatic rings. The molecule has 0 amide bonds. The highest BCUT2D eigenvalue weighted by atomic mass is 16.3. The van der Waals surface area contributed by atoms with Gasteiger partial charge >= 0.3 is 0 Å². The molecule has 0 spiro atoms. The van der Waals surface area contributed by atoms with Crippen LogP contribution in [0.15, 0.2) is 24.3 Å². The Bertz CT molecular complexity index is 517. The molecule has 0 radical (unpaired) electrons. The van der Waals surface area contributed by atoms with Crippen LogP contribution < -0.4 is 0 Å². The molecule has 0 unspecified atom stereocenters. The minimum atomic E-state index is 0.00269. The summed E-state index contributed by atoms with van der Waals surface area (Å²) in [6.07, 6.45) is 0. The van der Waals surface area contributed by atoms with E-state index < -0.39 is 0 Å². The quantitative estimate of drug-likeness (QED) is 0.834. The summed E-state index contributed by atoms with van der Waals surface area (Å²) in [6.45, 7) is 6.44. The van der Waals surface area contributed by atoms with Gasteiger partial charge in [0, 0.05) is 5.39 Å². The second-order valence-electron chi connectivity index (χ2n) is 4.52. The van der Waals surface area contributed by atoms with Gasteiger partial charge in [0.1, 0.15) is 0 Å². The van der Waals surface area contributed by atoms with Gasteiger partial charge in [-0.1, -0.05) is 19.9 Å². The van der Waals surface area contributed by atoms with E-state index in [9.17, 15) is 0 Å². The minimum Gasteiger partial charge on any atom is -0.390 e. The molecule has 1 aromatic carbocycles. The molecule has 0 aliphatic heterocycles. The maximum Gasteiger partial charge on any atom is 0.0853 e. The standard InChI is InChI=1S/C14H17NO/c1-9(2)11-4-5-14-13(7-11)10(3)6-12(8-16)15-14/h4-7,9,16H,8H2,1-3H3. The van der Waals surface area contributed by atoms with Crippen molar-refractivity contribution < 1.29 is 5.11 Å². The molecule has 0 atom stereocenters. The average Bonchev–Trinajstić information content (AvgIpc) is 2.28. The monoisotopic (exact) mass is 215 g/mol. The van der Waals surface area contributed by atoms with E-state index in [-0.39, 0.29) is 6.61 Å². The van der Waals surface area contributed by atoms with Crippen LogP contribution in [0.4, 0.5) is 0 Å². The van der Waals surface area contributed by atoms with E-state index in [4.69, 9.17) is 5.11 Å². The number of aromatic nitrogens is 1. The van der Waals surface area contributed by atoms with E-state index in [0.717, 1.165) is 11.2 Å². The Hall–Kier alpha value is -1.41. The number of hydrogen-bond donors (Lipinski definition) is 1. The summed E-state index contributed by atoms with van der Waals surface area (Å²) in [7, 11) is 0. The summed E-state index contributed by atoms with van der Waals surface area (Å²) in [4.78, 5) is 4.40. The summed E-state index contributed by atoms with van der Waals surface area (Å²) in [5.41, 5.74) is 4.21. The van der Waals surface area contributed by atoms with Crippen LogP contribution in [0.5, 0.6) is 0 Å². The van der Waals surface area contributed by atoms with Crippen LogP contribution in [0.25, 0.3) is 10.9 Å². The number of fused-ring (bicyclic) bond motifs is 1. The fraction of sp³-hybridized carbons (Fsp3) is 0.357. The van der Waals surface area contributed by atoms with Gasteiger partial charge in [-0.2, -0.15) is 0 Å². The molecule has 0 saturated heterocycles. The lowest BCUT2D eigenvalue weighted by molar-refractivity contribution is 0.277. The lowest BCUT2D eigenvalue weighted by Gasteiger charge is -2.09. The molecule has 0 fully saturated rings. The Kier molecular flexibility index (Phi) is 2.92. The molecule has 16 heavy (non-hydrogen) atoms. The van der Waals surface area contributed by atoms with Crippen LogP contribution in [0.2, 0.25) is 0 Å². The molecule has 2 rings (SSSR count). The van der Waals surface area contributed by atoms with Crippen molar-refractivity contribution in [3.05, 3.63) is 41.1 Å². The Labute approximate surface area is 96.0 Å². The van der Waals surface area contributed by atoms with Gasteiger partial charge in [0.25, 0.3) is 0 Å². The zero-order valence-corrected chi connectivity index (χ0v) is 9.99. The van der Waals surface area contributed by atoms with Crippen molar-refractivity contribution in [3.63, 3.8) is 0 Å². The minimum absolute atomic E-state index is 0.00269. The fourth-order valence-electron chi connectivity index (χ4n) is 1.92. The Balaban J connectivity index is 2.65. The smallest absolute Gasteiger partial charge is 0.0853 e. The van der Waals surface area contributed by atoms with Gasteiger partial charge in [-0.3, -0.25) is 4.98 Å². The van der Waals surface area contributed by atoms with Crippen molar-refractivity contribution >= 4 is 10.9 Å². The predicted molar refractivity (Wildman–Crippen MR) is 66.5 cm³/mol. The summed E-state index contributed by atoms with van der Waals surface area (Å²) in [5.74, 6) is 0.529. The van der Waals surface area contributed by atoms with Gasteiger partial charge in [0.05, 0.1) is 17.8 Å². The molecule has 1 heterocycles. The van der Waals surface area contributed by atoms with Crippen LogP contribution in [0.3, 0.4) is 0 Å². The molecule has 1 N–H and O–H groups in total. The van der Waals surface area contributed by atoms with Gasteiger partial charge < -0.3 is 5.11 Å². The highest BCUT2D eigenvalue weighted by Gasteiger charge is 2.05.